The summed E-state index contributed by atoms with van der Waals surface area (Å²) in [6.45, 7) is 0. The number of fused-ring (bicyclic) bond motifs is 1. The number of hydrogen-bond donors (Lipinski definition) is 2. The smallest absolute Gasteiger partial charge is 0.293 e. The molecule has 7 nitrogen and oxygen atoms in total. The van der Waals surface area contributed by atoms with Crippen LogP contribution in [0.2, 0.25) is 0 Å². The number of imidazole rings is 1. The van der Waals surface area contributed by atoms with Crippen molar-refractivity contribution in [1.82, 2.24) is 25.4 Å². The van der Waals surface area contributed by atoms with Crippen molar-refractivity contribution in [2.45, 2.75) is 0 Å². The molecule has 2 heterocycles. The standard InChI is InChI=1S/C4H3N5O.H2O/c10-4-2-3(6-1-5-2)7-9-8-4;/h1H,(H2,5,6,7,8,10);1H2. The maximum Gasteiger partial charge on any atom is 0.293 e. The Morgan fingerprint density at radius 2 is 2.27 bits per heavy atom. The summed E-state index contributed by atoms with van der Waals surface area (Å²) in [6, 6.07) is 0. The maximum absolute atomic E-state index is 10.8. The van der Waals surface area contributed by atoms with Crippen molar-refractivity contribution in [3.8, 4) is 0 Å². The number of hydrogen-bond acceptors (Lipinski definition) is 4. The van der Waals surface area contributed by atoms with Gasteiger partial charge in [0.1, 0.15) is 0 Å². The minimum Gasteiger partial charge on any atom is -0.412 e. The Kier molecular flexibility index (Phi) is 1.65. The highest BCUT2D eigenvalue weighted by Crippen LogP contribution is 1.92. The van der Waals surface area contributed by atoms with Crippen molar-refractivity contribution >= 4 is 11.2 Å². The number of nitrogens with one attached hydrogen (secondary N) is 2. The van der Waals surface area contributed by atoms with Gasteiger partial charge in [0.2, 0.25) is 5.65 Å². The summed E-state index contributed by atoms with van der Waals surface area (Å²) in [5, 5.41) is 9.04. The second-order valence-electron chi connectivity index (χ2n) is 1.74. The first-order chi connectivity index (χ1) is 4.88. The Balaban J connectivity index is 0.000000605. The van der Waals surface area contributed by atoms with Gasteiger partial charge in [-0.05, 0) is 0 Å². The van der Waals surface area contributed by atoms with Gasteiger partial charge in [-0.3, -0.25) is 4.79 Å². The molecule has 0 aromatic carbocycles. The van der Waals surface area contributed by atoms with Crippen LogP contribution in [0.15, 0.2) is 11.1 Å². The van der Waals surface area contributed by atoms with E-state index < -0.39 is 0 Å². The molecule has 0 saturated heterocycles. The average molecular weight is 155 g/mol. The first kappa shape index (κ1) is 7.35. The fourth-order valence-corrected chi connectivity index (χ4v) is 0.704. The lowest BCUT2D eigenvalue weighted by atomic mass is 10.6. The lowest BCUT2D eigenvalue weighted by Crippen LogP contribution is -2.09. The van der Waals surface area contributed by atoms with Crippen molar-refractivity contribution in [3.05, 3.63) is 16.7 Å². The van der Waals surface area contributed by atoms with Crippen molar-refractivity contribution in [3.63, 3.8) is 0 Å². The van der Waals surface area contributed by atoms with E-state index >= 15 is 0 Å². The van der Waals surface area contributed by atoms with E-state index in [1.54, 1.807) is 0 Å². The zero-order valence-electron chi connectivity index (χ0n) is 5.33. The van der Waals surface area contributed by atoms with Crippen LogP contribution in [0.25, 0.3) is 11.2 Å². The Bertz CT molecular complexity index is 404. The molecule has 0 aliphatic rings. The monoisotopic (exact) mass is 155 g/mol. The Hall–Kier alpha value is -1.76. The second-order valence-corrected chi connectivity index (χ2v) is 1.74. The molecule has 11 heavy (non-hydrogen) atoms. The summed E-state index contributed by atoms with van der Waals surface area (Å²) < 4.78 is 0. The van der Waals surface area contributed by atoms with Crippen molar-refractivity contribution in [2.24, 2.45) is 0 Å². The molecule has 0 fully saturated rings. The maximum atomic E-state index is 10.8. The quantitative estimate of drug-likeness (QED) is 0.467. The number of nitrogens with zero attached hydrogens (tertiary/aromatic N) is 3. The van der Waals surface area contributed by atoms with Gasteiger partial charge in [0.05, 0.1) is 6.33 Å². The summed E-state index contributed by atoms with van der Waals surface area (Å²) in [5.74, 6) is 0. The SMILES string of the molecule is O.O=c1[nH]nnc2nc[nH]c12. The van der Waals surface area contributed by atoms with Crippen LogP contribution in [-0.2, 0) is 0 Å². The molecule has 7 heteroatoms. The Morgan fingerprint density at radius 1 is 1.45 bits per heavy atom. The molecule has 0 spiro atoms. The molecular formula is C4H5N5O2. The van der Waals surface area contributed by atoms with Crippen LogP contribution in [0.4, 0.5) is 0 Å². The lowest BCUT2D eigenvalue weighted by molar-refractivity contribution is 0.824. The predicted octanol–water partition coefficient (Wildman–Crippen LogP) is -1.78. The van der Waals surface area contributed by atoms with E-state index in [-0.39, 0.29) is 11.0 Å². The highest BCUT2D eigenvalue weighted by Gasteiger charge is 1.99. The van der Waals surface area contributed by atoms with Gasteiger partial charge in [0.15, 0.2) is 5.52 Å². The van der Waals surface area contributed by atoms with E-state index in [2.05, 4.69) is 25.4 Å². The molecule has 0 aliphatic carbocycles. The largest absolute Gasteiger partial charge is 0.412 e. The molecule has 2 rings (SSSR count). The third-order valence-corrected chi connectivity index (χ3v) is 1.14. The fraction of sp³-hybridized carbons (Fsp3) is 0. The minimum atomic E-state index is -0.303. The van der Waals surface area contributed by atoms with Gasteiger partial charge in [-0.25, -0.2) is 10.1 Å². The van der Waals surface area contributed by atoms with Crippen molar-refractivity contribution in [1.29, 1.82) is 0 Å². The highest BCUT2D eigenvalue weighted by molar-refractivity contribution is 5.66. The van der Waals surface area contributed by atoms with E-state index in [1.807, 2.05) is 0 Å². The first-order valence-corrected chi connectivity index (χ1v) is 2.62. The topological polar surface area (TPSA) is 119 Å². The van der Waals surface area contributed by atoms with Crippen LogP contribution in [0.3, 0.4) is 0 Å². The third-order valence-electron chi connectivity index (χ3n) is 1.14. The van der Waals surface area contributed by atoms with Gasteiger partial charge in [-0.2, -0.15) is 0 Å². The summed E-state index contributed by atoms with van der Waals surface area (Å²) in [7, 11) is 0. The van der Waals surface area contributed by atoms with Gasteiger partial charge in [-0.1, -0.05) is 5.21 Å². The van der Waals surface area contributed by atoms with Gasteiger partial charge in [0, 0.05) is 0 Å². The average Bonchev–Trinajstić information content (AvgIpc) is 2.36. The lowest BCUT2D eigenvalue weighted by Gasteiger charge is -1.80. The van der Waals surface area contributed by atoms with Crippen LogP contribution in [0.1, 0.15) is 0 Å². The van der Waals surface area contributed by atoms with Gasteiger partial charge < -0.3 is 10.5 Å². The minimum absolute atomic E-state index is 0. The number of aromatic amines is 2. The van der Waals surface area contributed by atoms with Crippen LogP contribution < -0.4 is 5.56 Å². The molecule has 0 amide bonds. The molecule has 0 saturated carbocycles. The summed E-state index contributed by atoms with van der Waals surface area (Å²) in [5.41, 5.74) is 0.390. The molecular weight excluding hydrogens is 150 g/mol. The van der Waals surface area contributed by atoms with Gasteiger partial charge in [0.25, 0.3) is 5.56 Å². The summed E-state index contributed by atoms with van der Waals surface area (Å²) in [6.07, 6.45) is 1.40. The van der Waals surface area contributed by atoms with E-state index in [9.17, 15) is 4.79 Å². The number of rotatable bonds is 0. The predicted molar refractivity (Wildman–Crippen MR) is 35.9 cm³/mol. The van der Waals surface area contributed by atoms with E-state index in [0.29, 0.717) is 11.2 Å². The molecule has 0 unspecified atom stereocenters. The van der Waals surface area contributed by atoms with Crippen molar-refractivity contribution < 1.29 is 5.48 Å². The van der Waals surface area contributed by atoms with Gasteiger partial charge >= 0.3 is 0 Å². The molecule has 4 N–H and O–H groups in total. The van der Waals surface area contributed by atoms with E-state index in [4.69, 9.17) is 0 Å². The molecule has 58 valence electrons. The summed E-state index contributed by atoms with van der Waals surface area (Å²) in [4.78, 5) is 17.2. The molecule has 0 aliphatic heterocycles. The Labute approximate surface area is 59.8 Å². The third kappa shape index (κ3) is 0.964. The first-order valence-electron chi connectivity index (χ1n) is 2.62. The molecule has 0 radical (unpaired) electrons. The Morgan fingerprint density at radius 3 is 3.00 bits per heavy atom. The number of H-pyrrole nitrogens is 2. The zero-order valence-corrected chi connectivity index (χ0v) is 5.33. The van der Waals surface area contributed by atoms with Crippen LogP contribution in [-0.4, -0.2) is 30.9 Å². The van der Waals surface area contributed by atoms with Crippen LogP contribution in [0, 0.1) is 0 Å². The van der Waals surface area contributed by atoms with E-state index in [0.717, 1.165) is 0 Å². The normalized spacial score (nSPS) is 9.45. The van der Waals surface area contributed by atoms with Gasteiger partial charge in [-0.15, -0.1) is 5.10 Å². The molecule has 2 aromatic heterocycles. The fourth-order valence-electron chi connectivity index (χ4n) is 0.704. The zero-order chi connectivity index (χ0) is 6.97. The van der Waals surface area contributed by atoms with Crippen LogP contribution >= 0.6 is 0 Å². The second kappa shape index (κ2) is 2.46. The van der Waals surface area contributed by atoms with E-state index in [1.165, 1.54) is 6.33 Å². The molecule has 2 aromatic rings. The number of aromatic nitrogens is 5. The molecule has 0 bridgehead atoms. The highest BCUT2D eigenvalue weighted by atomic mass is 16.1. The van der Waals surface area contributed by atoms with Crippen LogP contribution in [0.5, 0.6) is 0 Å². The molecule has 0 atom stereocenters. The van der Waals surface area contributed by atoms with Crippen molar-refractivity contribution in [2.75, 3.05) is 0 Å². The summed E-state index contributed by atoms with van der Waals surface area (Å²) >= 11 is 0.